The van der Waals surface area contributed by atoms with E-state index in [1.807, 2.05) is 23.1 Å². The van der Waals surface area contributed by atoms with E-state index in [0.717, 1.165) is 67.2 Å². The molecule has 4 fully saturated rings. The number of benzene rings is 3. The van der Waals surface area contributed by atoms with Gasteiger partial charge in [0.15, 0.2) is 5.78 Å². The van der Waals surface area contributed by atoms with E-state index in [2.05, 4.69) is 5.32 Å². The molecule has 9 nitrogen and oxygen atoms in total. The zero-order valence-electron chi connectivity index (χ0n) is 31.1. The smallest absolute Gasteiger partial charge is 0.416 e. The van der Waals surface area contributed by atoms with Crippen LogP contribution in [0, 0.1) is 17.8 Å². The van der Waals surface area contributed by atoms with Crippen molar-refractivity contribution in [1.29, 1.82) is 0 Å². The monoisotopic (exact) mass is 769 g/mol. The number of nitrogens with one attached hydrogen (secondary N) is 1. The molecule has 0 radical (unpaired) electrons. The molecule has 0 spiro atoms. The molecular weight excluding hydrogens is 720 g/mol. The SMILES string of the molecule is CC(C)(C)OC(=O)NC1CC2CCC(C1)C2C(=O)C1CN(Cc2ccc(C(F)(F)F)cc2)CCN1S(=O)(=O)c1ccc2cc(OC3CCCC3)ccc2c1. The second-order valence-electron chi connectivity index (χ2n) is 16.6. The average Bonchev–Trinajstić information content (AvgIpc) is 3.71. The summed E-state index contributed by atoms with van der Waals surface area (Å²) >= 11 is 0. The molecule has 3 unspecified atom stereocenters. The average molecular weight is 770 g/mol. The lowest BCUT2D eigenvalue weighted by atomic mass is 9.72. The fraction of sp³-hybridized carbons (Fsp3) is 0.561. The van der Waals surface area contributed by atoms with Gasteiger partial charge in [-0.05, 0) is 137 Å². The number of carbonyl (C=O) groups is 2. The number of rotatable bonds is 9. The number of ether oxygens (including phenoxy) is 2. The van der Waals surface area contributed by atoms with E-state index >= 15 is 0 Å². The van der Waals surface area contributed by atoms with Crippen molar-refractivity contribution in [3.05, 3.63) is 71.8 Å². The van der Waals surface area contributed by atoms with Gasteiger partial charge in [-0.3, -0.25) is 9.69 Å². The first-order valence-corrected chi connectivity index (χ1v) is 20.6. The molecule has 1 heterocycles. The number of alkyl carbamates (subject to hydrolysis) is 1. The Morgan fingerprint density at radius 2 is 1.50 bits per heavy atom. The number of carbonyl (C=O) groups excluding carboxylic acids is 2. The number of amides is 1. The zero-order valence-corrected chi connectivity index (χ0v) is 31.9. The Kier molecular flexibility index (Phi) is 10.8. The Morgan fingerprint density at radius 3 is 2.15 bits per heavy atom. The molecule has 1 amide bonds. The molecule has 1 N–H and O–H groups in total. The van der Waals surface area contributed by atoms with Crippen LogP contribution in [-0.2, 0) is 32.3 Å². The highest BCUT2D eigenvalue weighted by Crippen LogP contribution is 2.48. The van der Waals surface area contributed by atoms with E-state index < -0.39 is 39.5 Å². The predicted octanol–water partition coefficient (Wildman–Crippen LogP) is 7.95. The van der Waals surface area contributed by atoms with Crippen molar-refractivity contribution < 1.29 is 40.7 Å². The number of sulfonamides is 1. The zero-order chi connectivity index (χ0) is 38.4. The number of piperazine rings is 1. The molecular formula is C41H50F3N3O6S. The summed E-state index contributed by atoms with van der Waals surface area (Å²) in [7, 11) is -4.14. The molecule has 4 aliphatic rings. The Morgan fingerprint density at radius 1 is 0.852 bits per heavy atom. The van der Waals surface area contributed by atoms with Crippen molar-refractivity contribution in [2.45, 2.75) is 114 Å². The lowest BCUT2D eigenvalue weighted by Crippen LogP contribution is -2.60. The highest BCUT2D eigenvalue weighted by Gasteiger charge is 2.51. The number of hydrogen-bond acceptors (Lipinski definition) is 7. The number of fused-ring (bicyclic) bond motifs is 3. The van der Waals surface area contributed by atoms with Gasteiger partial charge in [0, 0.05) is 38.1 Å². The van der Waals surface area contributed by atoms with Gasteiger partial charge in [0.05, 0.1) is 22.6 Å². The van der Waals surface area contributed by atoms with Gasteiger partial charge in [-0.1, -0.05) is 24.3 Å². The second kappa shape index (κ2) is 15.1. The van der Waals surface area contributed by atoms with Crippen molar-refractivity contribution in [3.8, 4) is 5.75 Å². The molecule has 1 saturated heterocycles. The van der Waals surface area contributed by atoms with Crippen molar-refractivity contribution in [2.24, 2.45) is 17.8 Å². The number of Topliss-reactive ketones (excluding diaryl/α,β-unsaturated/α-hetero) is 1. The number of nitrogens with zero attached hydrogens (tertiary/aromatic N) is 2. The highest BCUT2D eigenvalue weighted by molar-refractivity contribution is 7.89. The van der Waals surface area contributed by atoms with Crippen LogP contribution >= 0.6 is 0 Å². The Balaban J connectivity index is 1.13. The van der Waals surface area contributed by atoms with E-state index in [-0.39, 0.29) is 60.2 Å². The highest BCUT2D eigenvalue weighted by atomic mass is 32.2. The summed E-state index contributed by atoms with van der Waals surface area (Å²) in [6.45, 7) is 6.15. The molecule has 2 bridgehead atoms. The van der Waals surface area contributed by atoms with E-state index in [9.17, 15) is 31.2 Å². The molecule has 0 aromatic heterocycles. The van der Waals surface area contributed by atoms with E-state index in [0.29, 0.717) is 24.9 Å². The van der Waals surface area contributed by atoms with Gasteiger partial charge in [0.25, 0.3) is 0 Å². The number of ketones is 1. The third-order valence-corrected chi connectivity index (χ3v) is 13.5. The van der Waals surface area contributed by atoms with Gasteiger partial charge in [-0.25, -0.2) is 13.2 Å². The number of halogens is 3. The van der Waals surface area contributed by atoms with Crippen LogP contribution in [0.5, 0.6) is 5.75 Å². The van der Waals surface area contributed by atoms with Gasteiger partial charge >= 0.3 is 12.3 Å². The molecule has 3 aromatic rings. The van der Waals surface area contributed by atoms with Crippen LogP contribution in [0.1, 0.15) is 83.3 Å². The Hall–Kier alpha value is -3.68. The predicted molar refractivity (Wildman–Crippen MR) is 198 cm³/mol. The molecule has 1 aliphatic heterocycles. The summed E-state index contributed by atoms with van der Waals surface area (Å²) in [5.74, 6) is 0.212. The molecule has 13 heteroatoms. The first-order valence-electron chi connectivity index (χ1n) is 19.2. The summed E-state index contributed by atoms with van der Waals surface area (Å²) in [6.07, 6.45) is 2.41. The molecule has 54 heavy (non-hydrogen) atoms. The lowest BCUT2D eigenvalue weighted by molar-refractivity contribution is -0.137. The van der Waals surface area contributed by atoms with Gasteiger partial charge in [-0.15, -0.1) is 0 Å². The van der Waals surface area contributed by atoms with E-state index in [4.69, 9.17) is 9.47 Å². The maximum absolute atomic E-state index is 14.8. The maximum Gasteiger partial charge on any atom is 0.416 e. The third kappa shape index (κ3) is 8.58. The van der Waals surface area contributed by atoms with Crippen molar-refractivity contribution >= 4 is 32.7 Å². The molecule has 3 atom stereocenters. The molecule has 3 aliphatic carbocycles. The minimum atomic E-state index is -4.45. The van der Waals surface area contributed by atoms with Gasteiger partial charge in [0.2, 0.25) is 10.0 Å². The topological polar surface area (TPSA) is 105 Å². The standard InChI is InChI=1S/C41H50F3N3O6S/c1-40(2,3)53-39(49)45-32-20-29-10-11-30(21-32)37(29)38(48)36-25-46(24-26-8-14-31(15-9-26)41(42,43)44)18-19-47(36)54(50,51)35-17-13-27-22-34(16-12-28(27)23-35)52-33-6-4-5-7-33/h8-9,12-17,22-23,29-30,32-33,36-37H,4-7,10-11,18-21,24-25H2,1-3H3,(H,45,49). The van der Waals surface area contributed by atoms with Crippen LogP contribution in [0.25, 0.3) is 10.8 Å². The summed E-state index contributed by atoms with van der Waals surface area (Å²) in [4.78, 5) is 29.4. The van der Waals surface area contributed by atoms with Crippen LogP contribution in [0.3, 0.4) is 0 Å². The van der Waals surface area contributed by atoms with Gasteiger partial charge in [0.1, 0.15) is 11.4 Å². The van der Waals surface area contributed by atoms with Gasteiger partial charge in [-0.2, -0.15) is 17.5 Å². The van der Waals surface area contributed by atoms with Crippen molar-refractivity contribution in [2.75, 3.05) is 19.6 Å². The van der Waals surface area contributed by atoms with Crippen LogP contribution < -0.4 is 10.1 Å². The number of alkyl halides is 3. The summed E-state index contributed by atoms with van der Waals surface area (Å²) in [6, 6.07) is 14.5. The maximum atomic E-state index is 14.8. The fourth-order valence-corrected chi connectivity index (χ4v) is 10.7. The largest absolute Gasteiger partial charge is 0.490 e. The normalized spacial score (nSPS) is 25.9. The number of hydrogen-bond donors (Lipinski definition) is 1. The third-order valence-electron chi connectivity index (χ3n) is 11.6. The molecule has 292 valence electrons. The first kappa shape index (κ1) is 38.6. The second-order valence-corrected chi connectivity index (χ2v) is 18.5. The van der Waals surface area contributed by atoms with Gasteiger partial charge < -0.3 is 14.8 Å². The van der Waals surface area contributed by atoms with E-state index in [1.165, 1.54) is 16.4 Å². The molecule has 3 saturated carbocycles. The van der Waals surface area contributed by atoms with Crippen LogP contribution in [0.4, 0.5) is 18.0 Å². The lowest BCUT2D eigenvalue weighted by Gasteiger charge is -2.43. The van der Waals surface area contributed by atoms with Crippen molar-refractivity contribution in [3.63, 3.8) is 0 Å². The van der Waals surface area contributed by atoms with E-state index in [1.54, 1.807) is 39.0 Å². The molecule has 3 aromatic carbocycles. The van der Waals surface area contributed by atoms with Crippen LogP contribution in [0.15, 0.2) is 65.6 Å². The minimum Gasteiger partial charge on any atom is -0.490 e. The fourth-order valence-electron chi connectivity index (χ4n) is 9.12. The summed E-state index contributed by atoms with van der Waals surface area (Å²) < 4.78 is 81.8. The minimum absolute atomic E-state index is 0.0210. The van der Waals surface area contributed by atoms with Crippen LogP contribution in [0.2, 0.25) is 0 Å². The Labute approximate surface area is 315 Å². The summed E-state index contributed by atoms with van der Waals surface area (Å²) in [5, 5.41) is 4.58. The first-order chi connectivity index (χ1) is 25.5. The Bertz CT molecular complexity index is 1940. The van der Waals surface area contributed by atoms with Crippen LogP contribution in [-0.4, -0.2) is 72.9 Å². The summed E-state index contributed by atoms with van der Waals surface area (Å²) in [5.41, 5.74) is -0.740. The van der Waals surface area contributed by atoms with Crippen molar-refractivity contribution in [1.82, 2.24) is 14.5 Å². The quantitative estimate of drug-likeness (QED) is 0.236. The molecule has 7 rings (SSSR count).